The Bertz CT molecular complexity index is 739. The average molecular weight is 320 g/mol. The first-order valence-corrected chi connectivity index (χ1v) is 7.39. The van der Waals surface area contributed by atoms with E-state index >= 15 is 0 Å². The normalized spacial score (nSPS) is 12.1. The first kappa shape index (κ1) is 17.0. The molecule has 0 aliphatic carbocycles. The van der Waals surface area contributed by atoms with Crippen molar-refractivity contribution in [1.82, 2.24) is 5.32 Å². The van der Waals surface area contributed by atoms with Crippen LogP contribution in [0.25, 0.3) is 11.0 Å². The van der Waals surface area contributed by atoms with E-state index in [2.05, 4.69) is 10.6 Å². The summed E-state index contributed by atoms with van der Waals surface area (Å²) in [6.07, 6.45) is -1.04. The molecule has 0 spiro atoms. The molecule has 7 heteroatoms. The third-order valence-electron chi connectivity index (χ3n) is 3.11. The molecule has 1 atom stereocenters. The summed E-state index contributed by atoms with van der Waals surface area (Å²) >= 11 is 0. The van der Waals surface area contributed by atoms with Gasteiger partial charge < -0.3 is 19.6 Å². The zero-order chi connectivity index (χ0) is 16.8. The van der Waals surface area contributed by atoms with Gasteiger partial charge in [0.2, 0.25) is 0 Å². The Kier molecular flexibility index (Phi) is 5.72. The smallest absolute Gasteiger partial charge is 0.411 e. The van der Waals surface area contributed by atoms with E-state index in [0.717, 1.165) is 10.9 Å². The van der Waals surface area contributed by atoms with Crippen molar-refractivity contribution >= 4 is 22.7 Å². The Labute approximate surface area is 133 Å². The topological polar surface area (TPSA) is 101 Å². The largest absolute Gasteiger partial charge is 0.450 e. The molecule has 1 aromatic heterocycles. The highest BCUT2D eigenvalue weighted by Crippen LogP contribution is 2.21. The predicted octanol–water partition coefficient (Wildman–Crippen LogP) is 1.83. The maximum atomic E-state index is 11.7. The molecule has 1 unspecified atom stereocenters. The van der Waals surface area contributed by atoms with Crippen LogP contribution in [0.15, 0.2) is 33.5 Å². The number of nitrogens with one attached hydrogen (secondary N) is 2. The molecule has 3 N–H and O–H groups in total. The van der Waals surface area contributed by atoms with Crippen LogP contribution in [0.3, 0.4) is 0 Å². The van der Waals surface area contributed by atoms with Gasteiger partial charge in [-0.1, -0.05) is 0 Å². The van der Waals surface area contributed by atoms with Crippen molar-refractivity contribution in [3.05, 3.63) is 40.2 Å². The lowest BCUT2D eigenvalue weighted by atomic mass is 10.1. The highest BCUT2D eigenvalue weighted by molar-refractivity contribution is 5.89. The number of amides is 1. The van der Waals surface area contributed by atoms with Crippen LogP contribution in [-0.4, -0.2) is 30.5 Å². The maximum Gasteiger partial charge on any atom is 0.411 e. The van der Waals surface area contributed by atoms with Gasteiger partial charge in [-0.05, 0) is 31.5 Å². The van der Waals surface area contributed by atoms with Crippen molar-refractivity contribution in [2.45, 2.75) is 26.5 Å². The van der Waals surface area contributed by atoms with Gasteiger partial charge in [-0.25, -0.2) is 9.59 Å². The van der Waals surface area contributed by atoms with Gasteiger partial charge in [0.15, 0.2) is 0 Å². The second kappa shape index (κ2) is 7.75. The lowest BCUT2D eigenvalue weighted by Gasteiger charge is -2.10. The van der Waals surface area contributed by atoms with Gasteiger partial charge in [0.1, 0.15) is 5.58 Å². The number of carbonyl (C=O) groups excluding carboxylic acids is 1. The molecule has 0 saturated heterocycles. The molecule has 0 aliphatic rings. The molecule has 7 nitrogen and oxygen atoms in total. The van der Waals surface area contributed by atoms with Crippen molar-refractivity contribution in [3.63, 3.8) is 0 Å². The third-order valence-corrected chi connectivity index (χ3v) is 3.11. The summed E-state index contributed by atoms with van der Waals surface area (Å²) in [5, 5.41) is 15.7. The van der Waals surface area contributed by atoms with Gasteiger partial charge in [0, 0.05) is 36.3 Å². The second-order valence-corrected chi connectivity index (χ2v) is 5.13. The molecule has 0 fully saturated rings. The van der Waals surface area contributed by atoms with Crippen molar-refractivity contribution < 1.29 is 19.1 Å². The fraction of sp³-hybridized carbons (Fsp3) is 0.375. The molecule has 1 aromatic carbocycles. The van der Waals surface area contributed by atoms with Gasteiger partial charge in [-0.15, -0.1) is 0 Å². The van der Waals surface area contributed by atoms with Crippen LogP contribution in [-0.2, 0) is 11.3 Å². The van der Waals surface area contributed by atoms with Gasteiger partial charge in [0.25, 0.3) is 0 Å². The molecular weight excluding hydrogens is 300 g/mol. The molecule has 2 aromatic rings. The first-order chi connectivity index (χ1) is 11.0. The third kappa shape index (κ3) is 4.80. The number of aliphatic hydroxyl groups is 1. The van der Waals surface area contributed by atoms with E-state index in [1.807, 2.05) is 0 Å². The van der Waals surface area contributed by atoms with Gasteiger partial charge in [-0.2, -0.15) is 0 Å². The summed E-state index contributed by atoms with van der Waals surface area (Å²) < 4.78 is 9.99. The molecule has 0 aliphatic heterocycles. The minimum atomic E-state index is -0.566. The van der Waals surface area contributed by atoms with Gasteiger partial charge >= 0.3 is 11.7 Å². The predicted molar refractivity (Wildman–Crippen MR) is 86.5 cm³/mol. The lowest BCUT2D eigenvalue weighted by Crippen LogP contribution is -2.24. The fourth-order valence-corrected chi connectivity index (χ4v) is 2.15. The molecule has 124 valence electrons. The summed E-state index contributed by atoms with van der Waals surface area (Å²) in [4.78, 5) is 23.1. The van der Waals surface area contributed by atoms with Gasteiger partial charge in [-0.3, -0.25) is 5.32 Å². The van der Waals surface area contributed by atoms with E-state index in [4.69, 9.17) is 9.15 Å². The number of anilines is 1. The van der Waals surface area contributed by atoms with Crippen LogP contribution in [0.4, 0.5) is 10.5 Å². The van der Waals surface area contributed by atoms with Crippen molar-refractivity contribution in [2.24, 2.45) is 0 Å². The monoisotopic (exact) mass is 320 g/mol. The highest BCUT2D eigenvalue weighted by Gasteiger charge is 2.09. The summed E-state index contributed by atoms with van der Waals surface area (Å²) in [7, 11) is 0. The highest BCUT2D eigenvalue weighted by atomic mass is 16.5. The molecule has 1 amide bonds. The number of aliphatic hydroxyl groups excluding tert-OH is 1. The van der Waals surface area contributed by atoms with E-state index in [-0.39, 0.29) is 6.61 Å². The molecule has 2 rings (SSSR count). The van der Waals surface area contributed by atoms with Crippen molar-refractivity contribution in [2.75, 3.05) is 18.5 Å². The molecule has 0 saturated carbocycles. The standard InChI is InChI=1S/C16H20N2O5/c1-3-22-16(21)18-12-4-5-13-11(9-17-8-10(2)19)6-15(20)23-14(13)7-12/h4-7,10,17,19H,3,8-9H2,1-2H3,(H,18,21). The van der Waals surface area contributed by atoms with Crippen molar-refractivity contribution in [3.8, 4) is 0 Å². The van der Waals surface area contributed by atoms with Crippen molar-refractivity contribution in [1.29, 1.82) is 0 Å². The molecule has 0 bridgehead atoms. The summed E-state index contributed by atoms with van der Waals surface area (Å²) in [5.41, 5.74) is 1.15. The van der Waals surface area contributed by atoms with Crippen LogP contribution < -0.4 is 16.3 Å². The number of ether oxygens (including phenoxy) is 1. The van der Waals surface area contributed by atoms with Crippen LogP contribution in [0.1, 0.15) is 19.4 Å². The number of rotatable bonds is 6. The Morgan fingerprint density at radius 3 is 2.87 bits per heavy atom. The van der Waals surface area contributed by atoms with E-state index in [9.17, 15) is 14.7 Å². The van der Waals surface area contributed by atoms with Crippen LogP contribution in [0, 0.1) is 0 Å². The number of carbonyl (C=O) groups is 1. The van der Waals surface area contributed by atoms with Crippen LogP contribution in [0.2, 0.25) is 0 Å². The zero-order valence-corrected chi connectivity index (χ0v) is 13.1. The van der Waals surface area contributed by atoms with Crippen LogP contribution >= 0.6 is 0 Å². The Morgan fingerprint density at radius 2 is 2.17 bits per heavy atom. The Morgan fingerprint density at radius 1 is 1.39 bits per heavy atom. The fourth-order valence-electron chi connectivity index (χ4n) is 2.15. The summed E-state index contributed by atoms with van der Waals surface area (Å²) in [5.74, 6) is 0. The zero-order valence-electron chi connectivity index (χ0n) is 13.1. The summed E-state index contributed by atoms with van der Waals surface area (Å²) in [6.45, 7) is 4.51. The molecular formula is C16H20N2O5. The minimum absolute atomic E-state index is 0.271. The summed E-state index contributed by atoms with van der Waals surface area (Å²) in [6, 6.07) is 6.46. The number of hydrogen-bond donors (Lipinski definition) is 3. The van der Waals surface area contributed by atoms with Gasteiger partial charge in [0.05, 0.1) is 12.7 Å². The Balaban J connectivity index is 2.25. The Hall–Kier alpha value is -2.38. The maximum absolute atomic E-state index is 11.7. The minimum Gasteiger partial charge on any atom is -0.450 e. The quantitative estimate of drug-likeness (QED) is 0.702. The number of benzene rings is 1. The van der Waals surface area contributed by atoms with E-state index in [1.54, 1.807) is 32.0 Å². The van der Waals surface area contributed by atoms with E-state index in [0.29, 0.717) is 24.4 Å². The SMILES string of the molecule is CCOC(=O)Nc1ccc2c(CNCC(C)O)cc(=O)oc2c1. The van der Waals surface area contributed by atoms with E-state index < -0.39 is 17.8 Å². The average Bonchev–Trinajstić information content (AvgIpc) is 2.46. The number of fused-ring (bicyclic) bond motifs is 1. The number of hydrogen-bond acceptors (Lipinski definition) is 6. The van der Waals surface area contributed by atoms with Crippen LogP contribution in [0.5, 0.6) is 0 Å². The first-order valence-electron chi connectivity index (χ1n) is 7.39. The second-order valence-electron chi connectivity index (χ2n) is 5.13. The molecule has 0 radical (unpaired) electrons. The lowest BCUT2D eigenvalue weighted by molar-refractivity contribution is 0.168. The molecule has 23 heavy (non-hydrogen) atoms. The van der Waals surface area contributed by atoms with E-state index in [1.165, 1.54) is 6.07 Å². The molecule has 1 heterocycles.